The SMILES string of the molecule is CCNS(=O)(=O)N(C)C(C)CC(=N)N. The molecule has 4 N–H and O–H groups in total. The molecule has 1 atom stereocenters. The average Bonchev–Trinajstić information content (AvgIpc) is 2.01. The molecule has 0 saturated carbocycles. The number of hydrogen-bond donors (Lipinski definition) is 3. The number of amidine groups is 1. The minimum Gasteiger partial charge on any atom is -0.388 e. The van der Waals surface area contributed by atoms with Crippen molar-refractivity contribution in [2.75, 3.05) is 13.6 Å². The lowest BCUT2D eigenvalue weighted by atomic mass is 10.2. The molecule has 0 aromatic heterocycles. The van der Waals surface area contributed by atoms with E-state index in [1.54, 1.807) is 13.8 Å². The van der Waals surface area contributed by atoms with Crippen LogP contribution in [0.1, 0.15) is 20.3 Å². The molecular weight excluding hydrogens is 204 g/mol. The van der Waals surface area contributed by atoms with Crippen LogP contribution in [0.25, 0.3) is 0 Å². The Bertz CT molecular complexity index is 288. The van der Waals surface area contributed by atoms with E-state index in [0.717, 1.165) is 0 Å². The second kappa shape index (κ2) is 5.28. The summed E-state index contributed by atoms with van der Waals surface area (Å²) in [6.45, 7) is 3.76. The van der Waals surface area contributed by atoms with Crippen molar-refractivity contribution in [3.63, 3.8) is 0 Å². The van der Waals surface area contributed by atoms with Gasteiger partial charge in [0, 0.05) is 26.1 Å². The van der Waals surface area contributed by atoms with Crippen LogP contribution < -0.4 is 10.5 Å². The molecule has 0 aromatic rings. The molecule has 0 heterocycles. The van der Waals surface area contributed by atoms with Crippen molar-refractivity contribution in [1.29, 1.82) is 5.41 Å². The van der Waals surface area contributed by atoms with Crippen LogP contribution in [0.15, 0.2) is 0 Å². The maximum absolute atomic E-state index is 11.5. The Labute approximate surface area is 85.2 Å². The van der Waals surface area contributed by atoms with Gasteiger partial charge in [-0.2, -0.15) is 12.7 Å². The summed E-state index contributed by atoms with van der Waals surface area (Å²) in [6, 6.07) is -0.309. The molecule has 14 heavy (non-hydrogen) atoms. The molecule has 6 nitrogen and oxygen atoms in total. The van der Waals surface area contributed by atoms with Crippen LogP contribution in [-0.4, -0.2) is 38.2 Å². The van der Waals surface area contributed by atoms with Gasteiger partial charge in [-0.1, -0.05) is 6.92 Å². The summed E-state index contributed by atoms with van der Waals surface area (Å²) in [4.78, 5) is 0. The van der Waals surface area contributed by atoms with E-state index in [9.17, 15) is 8.42 Å². The van der Waals surface area contributed by atoms with Crippen LogP contribution >= 0.6 is 0 Å². The Morgan fingerprint density at radius 2 is 2.14 bits per heavy atom. The maximum Gasteiger partial charge on any atom is 0.279 e. The maximum atomic E-state index is 11.5. The molecule has 0 aliphatic heterocycles. The van der Waals surface area contributed by atoms with Crippen molar-refractivity contribution in [3.8, 4) is 0 Å². The van der Waals surface area contributed by atoms with Gasteiger partial charge < -0.3 is 5.73 Å². The Hall–Kier alpha value is -0.660. The lowest BCUT2D eigenvalue weighted by Crippen LogP contribution is -2.44. The third-order valence-corrected chi connectivity index (χ3v) is 3.61. The summed E-state index contributed by atoms with van der Waals surface area (Å²) in [6.07, 6.45) is 0.237. The van der Waals surface area contributed by atoms with Crippen LogP contribution in [0.3, 0.4) is 0 Å². The summed E-state index contributed by atoms with van der Waals surface area (Å²) in [7, 11) is -1.96. The standard InChI is InChI=1S/C7H18N4O2S/c1-4-10-14(12,13)11(3)6(2)5-7(8)9/h6,10H,4-5H2,1-3H3,(H3,8,9). The van der Waals surface area contributed by atoms with E-state index in [-0.39, 0.29) is 18.3 Å². The molecule has 84 valence electrons. The minimum atomic E-state index is -3.42. The highest BCUT2D eigenvalue weighted by Gasteiger charge is 2.22. The highest BCUT2D eigenvalue weighted by molar-refractivity contribution is 7.87. The van der Waals surface area contributed by atoms with Crippen LogP contribution in [-0.2, 0) is 10.2 Å². The summed E-state index contributed by atoms with van der Waals surface area (Å²) in [5, 5.41) is 7.06. The second-order valence-electron chi connectivity index (χ2n) is 3.10. The van der Waals surface area contributed by atoms with Crippen LogP contribution in [0.2, 0.25) is 0 Å². The molecule has 0 aliphatic rings. The molecule has 1 unspecified atom stereocenters. The number of nitrogens with two attached hydrogens (primary N) is 1. The van der Waals surface area contributed by atoms with E-state index >= 15 is 0 Å². The number of rotatable bonds is 6. The molecular formula is C7H18N4O2S. The quantitative estimate of drug-likeness (QED) is 0.417. The number of nitrogens with one attached hydrogen (secondary N) is 2. The zero-order valence-electron chi connectivity index (χ0n) is 8.74. The Balaban J connectivity index is 4.45. The third kappa shape index (κ3) is 4.03. The largest absolute Gasteiger partial charge is 0.388 e. The molecule has 7 heteroatoms. The second-order valence-corrected chi connectivity index (χ2v) is 4.91. The Morgan fingerprint density at radius 1 is 1.64 bits per heavy atom. The van der Waals surface area contributed by atoms with E-state index in [2.05, 4.69) is 4.72 Å². The molecule has 0 radical (unpaired) electrons. The van der Waals surface area contributed by atoms with Crippen molar-refractivity contribution in [1.82, 2.24) is 9.03 Å². The first-order valence-corrected chi connectivity index (χ1v) is 5.80. The fraction of sp³-hybridized carbons (Fsp3) is 0.857. The van der Waals surface area contributed by atoms with Gasteiger partial charge in [0.25, 0.3) is 10.2 Å². The van der Waals surface area contributed by atoms with Gasteiger partial charge in [0.2, 0.25) is 0 Å². The fourth-order valence-electron chi connectivity index (χ4n) is 0.968. The summed E-state index contributed by atoms with van der Waals surface area (Å²) >= 11 is 0. The van der Waals surface area contributed by atoms with Gasteiger partial charge >= 0.3 is 0 Å². The molecule has 0 amide bonds. The van der Waals surface area contributed by atoms with E-state index in [4.69, 9.17) is 11.1 Å². The normalized spacial score (nSPS) is 14.3. The van der Waals surface area contributed by atoms with Gasteiger partial charge in [0.05, 0.1) is 5.84 Å². The predicted octanol–water partition coefficient (Wildman–Crippen LogP) is -0.513. The lowest BCUT2D eigenvalue weighted by Gasteiger charge is -2.23. The zero-order chi connectivity index (χ0) is 11.4. The van der Waals surface area contributed by atoms with E-state index in [0.29, 0.717) is 6.54 Å². The van der Waals surface area contributed by atoms with Gasteiger partial charge in [0.15, 0.2) is 0 Å². The van der Waals surface area contributed by atoms with E-state index in [1.807, 2.05) is 0 Å². The van der Waals surface area contributed by atoms with Gasteiger partial charge in [-0.05, 0) is 6.92 Å². The average molecular weight is 222 g/mol. The monoisotopic (exact) mass is 222 g/mol. The van der Waals surface area contributed by atoms with Crippen molar-refractivity contribution in [2.45, 2.75) is 26.3 Å². The molecule has 0 aromatic carbocycles. The predicted molar refractivity (Wildman–Crippen MR) is 56.4 cm³/mol. The summed E-state index contributed by atoms with van der Waals surface area (Å²) < 4.78 is 26.5. The first kappa shape index (κ1) is 13.3. The van der Waals surface area contributed by atoms with E-state index in [1.165, 1.54) is 11.4 Å². The summed E-state index contributed by atoms with van der Waals surface area (Å²) in [5.74, 6) is -0.0175. The molecule has 0 spiro atoms. The van der Waals surface area contributed by atoms with Crippen molar-refractivity contribution in [3.05, 3.63) is 0 Å². The smallest absolute Gasteiger partial charge is 0.279 e. The minimum absolute atomic E-state index is 0.0175. The van der Waals surface area contributed by atoms with Gasteiger partial charge in [-0.3, -0.25) is 5.41 Å². The van der Waals surface area contributed by atoms with Crippen molar-refractivity contribution < 1.29 is 8.42 Å². The van der Waals surface area contributed by atoms with Crippen molar-refractivity contribution >= 4 is 16.0 Å². The van der Waals surface area contributed by atoms with Crippen molar-refractivity contribution in [2.24, 2.45) is 5.73 Å². The van der Waals surface area contributed by atoms with Crippen LogP contribution in [0.5, 0.6) is 0 Å². The molecule has 0 rings (SSSR count). The first-order chi connectivity index (χ1) is 6.31. The third-order valence-electron chi connectivity index (χ3n) is 1.84. The molecule has 0 bridgehead atoms. The van der Waals surface area contributed by atoms with Gasteiger partial charge in [-0.15, -0.1) is 0 Å². The molecule has 0 aliphatic carbocycles. The fourth-order valence-corrected chi connectivity index (χ4v) is 2.08. The van der Waals surface area contributed by atoms with Gasteiger partial charge in [0.1, 0.15) is 0 Å². The Kier molecular flexibility index (Phi) is 5.03. The topological polar surface area (TPSA) is 99.3 Å². The molecule has 0 fully saturated rings. The molecule has 0 saturated heterocycles. The lowest BCUT2D eigenvalue weighted by molar-refractivity contribution is 0.389. The highest BCUT2D eigenvalue weighted by Crippen LogP contribution is 2.04. The van der Waals surface area contributed by atoms with Gasteiger partial charge in [-0.25, -0.2) is 4.72 Å². The number of nitrogens with zero attached hydrogens (tertiary/aromatic N) is 1. The Morgan fingerprint density at radius 3 is 2.50 bits per heavy atom. The highest BCUT2D eigenvalue weighted by atomic mass is 32.2. The van der Waals surface area contributed by atoms with E-state index < -0.39 is 10.2 Å². The van der Waals surface area contributed by atoms with Crippen LogP contribution in [0, 0.1) is 5.41 Å². The van der Waals surface area contributed by atoms with Crippen LogP contribution in [0.4, 0.5) is 0 Å². The number of hydrogen-bond acceptors (Lipinski definition) is 3. The first-order valence-electron chi connectivity index (χ1n) is 4.36. The zero-order valence-corrected chi connectivity index (χ0v) is 9.56. The summed E-state index contributed by atoms with van der Waals surface area (Å²) in [5.41, 5.74) is 5.19.